The number of ether oxygens (including phenoxy) is 1. The van der Waals surface area contributed by atoms with Crippen molar-refractivity contribution in [1.82, 2.24) is 14.7 Å². The van der Waals surface area contributed by atoms with Crippen molar-refractivity contribution in [2.75, 3.05) is 69.0 Å². The highest BCUT2D eigenvalue weighted by Crippen LogP contribution is 2.33. The third-order valence-corrected chi connectivity index (χ3v) is 9.67. The molecule has 51 heavy (non-hydrogen) atoms. The monoisotopic (exact) mass is 700 g/mol. The van der Waals surface area contributed by atoms with Crippen LogP contribution in [0.25, 0.3) is 11.1 Å². The Kier molecular flexibility index (Phi) is 10.7. The first-order valence-electron chi connectivity index (χ1n) is 17.2. The van der Waals surface area contributed by atoms with E-state index in [1.807, 2.05) is 26.0 Å². The maximum absolute atomic E-state index is 14.2. The van der Waals surface area contributed by atoms with Gasteiger partial charge in [0.15, 0.2) is 0 Å². The molecule has 3 heterocycles. The van der Waals surface area contributed by atoms with Crippen LogP contribution in [-0.2, 0) is 16.7 Å². The highest BCUT2D eigenvalue weighted by Gasteiger charge is 2.24. The van der Waals surface area contributed by atoms with Crippen LogP contribution in [0.5, 0.6) is 0 Å². The first kappa shape index (κ1) is 36.0. The number of amidine groups is 1. The van der Waals surface area contributed by atoms with E-state index in [2.05, 4.69) is 32.3 Å². The Bertz CT molecular complexity index is 1890. The molecule has 6 rings (SSSR count). The standard InChI is InChI=1S/C38H46F2N8O3/c1-38(2,23-49)48-22-26(21-43-48)32-20-34(41)33(17-25(32)14-24-15-27(39)18-28(40)16-24)36(42)45-37(50)31-5-4-30(47-10-8-46(3)9-11-47)19-35(31)44-29-6-12-51-13-7-29/h4-5,15-22,29,44,49H,6-14,23,41H2,1-3H3,(H2,42,45,50). The minimum atomic E-state index is -0.699. The van der Waals surface area contributed by atoms with Crippen molar-refractivity contribution in [2.24, 2.45) is 10.7 Å². The smallest absolute Gasteiger partial charge is 0.281 e. The van der Waals surface area contributed by atoms with Gasteiger partial charge in [0.2, 0.25) is 0 Å². The fraction of sp³-hybridized carbons (Fsp3) is 0.395. The Hall–Kier alpha value is -4.85. The van der Waals surface area contributed by atoms with Gasteiger partial charge in [0.1, 0.15) is 17.5 Å². The van der Waals surface area contributed by atoms with Gasteiger partial charge in [-0.3, -0.25) is 9.48 Å². The number of nitrogens with one attached hydrogen (secondary N) is 1. The Labute approximate surface area is 296 Å². The number of halogens is 2. The lowest BCUT2D eigenvalue weighted by Gasteiger charge is -2.34. The van der Waals surface area contributed by atoms with Crippen molar-refractivity contribution >= 4 is 28.8 Å². The predicted octanol–water partition coefficient (Wildman–Crippen LogP) is 4.62. The van der Waals surface area contributed by atoms with Crippen LogP contribution in [-0.4, -0.2) is 90.6 Å². The average Bonchev–Trinajstić information content (AvgIpc) is 3.60. The molecule has 0 unspecified atom stereocenters. The van der Waals surface area contributed by atoms with Crippen LogP contribution in [0.15, 0.2) is 65.9 Å². The molecule has 2 fully saturated rings. The van der Waals surface area contributed by atoms with E-state index < -0.39 is 23.1 Å². The number of nitrogen functional groups attached to an aromatic ring is 1. The number of hydrogen-bond acceptors (Lipinski definition) is 8. The summed E-state index contributed by atoms with van der Waals surface area (Å²) in [6.07, 6.45) is 5.17. The number of rotatable bonds is 10. The number of anilines is 3. The topological polar surface area (TPSA) is 147 Å². The van der Waals surface area contributed by atoms with E-state index in [9.17, 15) is 18.7 Å². The zero-order chi connectivity index (χ0) is 36.3. The summed E-state index contributed by atoms with van der Waals surface area (Å²) in [6.45, 7) is 8.49. The molecular formula is C38H46F2N8O3. The molecule has 0 aliphatic carbocycles. The van der Waals surface area contributed by atoms with Crippen molar-refractivity contribution in [3.8, 4) is 11.1 Å². The van der Waals surface area contributed by atoms with Crippen LogP contribution in [0.2, 0.25) is 0 Å². The zero-order valence-electron chi connectivity index (χ0n) is 29.3. The van der Waals surface area contributed by atoms with Gasteiger partial charge in [-0.05, 0) is 99.3 Å². The van der Waals surface area contributed by atoms with Gasteiger partial charge >= 0.3 is 0 Å². The minimum Gasteiger partial charge on any atom is -0.398 e. The molecule has 13 heteroatoms. The summed E-state index contributed by atoms with van der Waals surface area (Å²) >= 11 is 0. The molecule has 1 aromatic heterocycles. The van der Waals surface area contributed by atoms with Crippen LogP contribution in [0.1, 0.15) is 53.7 Å². The lowest BCUT2D eigenvalue weighted by Crippen LogP contribution is -2.44. The van der Waals surface area contributed by atoms with E-state index in [4.69, 9.17) is 16.2 Å². The number of nitrogens with two attached hydrogens (primary N) is 2. The second-order valence-corrected chi connectivity index (χ2v) is 14.0. The van der Waals surface area contributed by atoms with Crippen LogP contribution in [0, 0.1) is 11.6 Å². The number of piperazine rings is 1. The Morgan fingerprint density at radius 2 is 1.75 bits per heavy atom. The maximum Gasteiger partial charge on any atom is 0.281 e. The largest absolute Gasteiger partial charge is 0.398 e. The van der Waals surface area contributed by atoms with Crippen molar-refractivity contribution in [3.05, 3.63) is 94.8 Å². The predicted molar refractivity (Wildman–Crippen MR) is 196 cm³/mol. The molecule has 0 saturated carbocycles. The number of hydrogen-bond donors (Lipinski definition) is 4. The fourth-order valence-corrected chi connectivity index (χ4v) is 6.49. The summed E-state index contributed by atoms with van der Waals surface area (Å²) in [7, 11) is 2.11. The number of aliphatic hydroxyl groups is 1. The molecule has 0 spiro atoms. The number of likely N-dealkylation sites (N-methyl/N-ethyl adjacent to an activating group) is 1. The fourth-order valence-electron chi connectivity index (χ4n) is 6.49. The van der Waals surface area contributed by atoms with E-state index in [-0.39, 0.29) is 30.6 Å². The van der Waals surface area contributed by atoms with Gasteiger partial charge in [0, 0.05) is 85.9 Å². The van der Waals surface area contributed by atoms with Crippen molar-refractivity contribution in [2.45, 2.75) is 44.7 Å². The number of amides is 1. The molecule has 4 aromatic rings. The summed E-state index contributed by atoms with van der Waals surface area (Å²) in [6, 6.07) is 12.6. The van der Waals surface area contributed by atoms with Crippen molar-refractivity contribution in [3.63, 3.8) is 0 Å². The Balaban J connectivity index is 1.36. The molecule has 1 amide bonds. The van der Waals surface area contributed by atoms with E-state index in [0.29, 0.717) is 52.3 Å². The van der Waals surface area contributed by atoms with Crippen LogP contribution in [0.4, 0.5) is 25.8 Å². The summed E-state index contributed by atoms with van der Waals surface area (Å²) < 4.78 is 35.7. The average molecular weight is 701 g/mol. The summed E-state index contributed by atoms with van der Waals surface area (Å²) in [5.41, 5.74) is 17.5. The zero-order valence-corrected chi connectivity index (χ0v) is 29.3. The lowest BCUT2D eigenvalue weighted by molar-refractivity contribution is 0.0904. The highest BCUT2D eigenvalue weighted by atomic mass is 19.1. The van der Waals surface area contributed by atoms with Gasteiger partial charge in [-0.1, -0.05) is 0 Å². The van der Waals surface area contributed by atoms with Gasteiger partial charge < -0.3 is 36.4 Å². The molecule has 0 atom stereocenters. The normalized spacial score (nSPS) is 16.4. The summed E-state index contributed by atoms with van der Waals surface area (Å²) in [5.74, 6) is -2.02. The molecule has 11 nitrogen and oxygen atoms in total. The van der Waals surface area contributed by atoms with Crippen LogP contribution in [0.3, 0.4) is 0 Å². The van der Waals surface area contributed by atoms with Gasteiger partial charge in [-0.15, -0.1) is 0 Å². The number of nitrogens with zero attached hydrogens (tertiary/aromatic N) is 5. The molecule has 0 bridgehead atoms. The number of aromatic nitrogens is 2. The number of aliphatic imine (C=N–C) groups is 1. The SMILES string of the molecule is CN1CCN(c2ccc(C(=O)N=C(N)c3cc(Cc4cc(F)cc(F)c4)c(-c4cnn(C(C)(C)CO)c4)cc3N)c(NC3CCOCC3)c2)CC1. The molecular weight excluding hydrogens is 654 g/mol. The van der Waals surface area contributed by atoms with E-state index in [1.165, 1.54) is 12.1 Å². The molecule has 6 N–H and O–H groups in total. The lowest BCUT2D eigenvalue weighted by atomic mass is 9.93. The second kappa shape index (κ2) is 15.2. The molecule has 270 valence electrons. The maximum atomic E-state index is 14.2. The molecule has 3 aromatic carbocycles. The number of carbonyl (C=O) groups is 1. The quantitative estimate of drug-likeness (QED) is 0.106. The number of aliphatic hydroxyl groups excluding tert-OH is 1. The van der Waals surface area contributed by atoms with Crippen LogP contribution < -0.4 is 21.7 Å². The van der Waals surface area contributed by atoms with Gasteiger partial charge in [0.25, 0.3) is 5.91 Å². The third-order valence-electron chi connectivity index (χ3n) is 9.67. The van der Waals surface area contributed by atoms with Crippen molar-refractivity contribution < 1.29 is 23.4 Å². The van der Waals surface area contributed by atoms with Crippen molar-refractivity contribution in [1.29, 1.82) is 0 Å². The van der Waals surface area contributed by atoms with E-state index in [1.54, 1.807) is 35.3 Å². The van der Waals surface area contributed by atoms with Gasteiger partial charge in [-0.2, -0.15) is 10.1 Å². The van der Waals surface area contributed by atoms with E-state index in [0.717, 1.165) is 50.8 Å². The van der Waals surface area contributed by atoms with Crippen LogP contribution >= 0.6 is 0 Å². The summed E-state index contributed by atoms with van der Waals surface area (Å²) in [4.78, 5) is 22.8. The van der Waals surface area contributed by atoms with E-state index >= 15 is 0 Å². The molecule has 2 aliphatic heterocycles. The number of carbonyl (C=O) groups excluding carboxylic acids is 1. The van der Waals surface area contributed by atoms with Gasteiger partial charge in [-0.25, -0.2) is 8.78 Å². The first-order valence-corrected chi connectivity index (χ1v) is 17.2. The molecule has 2 aliphatic rings. The highest BCUT2D eigenvalue weighted by molar-refractivity contribution is 6.13. The first-order chi connectivity index (χ1) is 24.4. The van der Waals surface area contributed by atoms with Gasteiger partial charge in [0.05, 0.1) is 23.9 Å². The molecule has 2 saturated heterocycles. The minimum absolute atomic E-state index is 0.0898. The second-order valence-electron chi connectivity index (χ2n) is 14.0. The third kappa shape index (κ3) is 8.38. The molecule has 0 radical (unpaired) electrons. The number of benzene rings is 3. The summed E-state index contributed by atoms with van der Waals surface area (Å²) in [5, 5.41) is 17.9. The Morgan fingerprint density at radius 3 is 2.43 bits per heavy atom. The Morgan fingerprint density at radius 1 is 1.04 bits per heavy atom.